The van der Waals surface area contributed by atoms with E-state index >= 15 is 0 Å². The summed E-state index contributed by atoms with van der Waals surface area (Å²) in [6.07, 6.45) is 4.26. The van der Waals surface area contributed by atoms with Gasteiger partial charge in [-0.1, -0.05) is 43.9 Å². The smallest absolute Gasteiger partial charge is 0.123 e. The Labute approximate surface area is 86.5 Å². The number of rotatable bonds is 3. The normalized spacial score (nSPS) is 12.3. The van der Waals surface area contributed by atoms with Gasteiger partial charge in [-0.3, -0.25) is 0 Å². The molecule has 0 aliphatic heterocycles. The lowest BCUT2D eigenvalue weighted by Crippen LogP contribution is -2.17. The Balaban J connectivity index is 2.57. The van der Waals surface area contributed by atoms with E-state index in [4.69, 9.17) is 0 Å². The molecule has 0 heterocycles. The summed E-state index contributed by atoms with van der Waals surface area (Å²) in [5.74, 6) is -0.174. The van der Waals surface area contributed by atoms with Crippen LogP contribution in [0.3, 0.4) is 0 Å². The third-order valence-electron chi connectivity index (χ3n) is 1.91. The zero-order valence-electron chi connectivity index (χ0n) is 9.05. The van der Waals surface area contributed by atoms with Crippen LogP contribution < -0.4 is 0 Å². The van der Waals surface area contributed by atoms with Crippen LogP contribution in [0.15, 0.2) is 30.3 Å². The predicted octanol–water partition coefficient (Wildman–Crippen LogP) is 4.18. The predicted molar refractivity (Wildman–Crippen MR) is 63.6 cm³/mol. The highest BCUT2D eigenvalue weighted by Gasteiger charge is 2.09. The van der Waals surface area contributed by atoms with Gasteiger partial charge < -0.3 is 0 Å². The Hall–Kier alpha value is -0.893. The van der Waals surface area contributed by atoms with Crippen LogP contribution in [0.2, 0.25) is 25.7 Å². The summed E-state index contributed by atoms with van der Waals surface area (Å²) in [4.78, 5) is 0. The van der Waals surface area contributed by atoms with E-state index in [0.29, 0.717) is 0 Å². The van der Waals surface area contributed by atoms with Crippen LogP contribution in [0.5, 0.6) is 0 Å². The fraction of sp³-hybridized carbons (Fsp3) is 0.333. The quantitative estimate of drug-likeness (QED) is 0.654. The number of halogens is 1. The van der Waals surface area contributed by atoms with Gasteiger partial charge in [0.2, 0.25) is 0 Å². The second-order valence-corrected chi connectivity index (χ2v) is 10.2. The monoisotopic (exact) mass is 208 g/mol. The molecule has 0 unspecified atom stereocenters. The van der Waals surface area contributed by atoms with Gasteiger partial charge in [0.1, 0.15) is 5.82 Å². The molecule has 1 aromatic rings. The molecule has 0 saturated carbocycles. The maximum absolute atomic E-state index is 12.6. The summed E-state index contributed by atoms with van der Waals surface area (Å²) in [5.41, 5.74) is 1.07. The molecule has 0 saturated heterocycles. The summed E-state index contributed by atoms with van der Waals surface area (Å²) in [6.45, 7) is 7.01. The van der Waals surface area contributed by atoms with Gasteiger partial charge in [-0.25, -0.2) is 4.39 Å². The molecule has 14 heavy (non-hydrogen) atoms. The molecule has 1 aromatic carbocycles. The minimum absolute atomic E-state index is 0.174. The molecule has 0 nitrogen and oxygen atoms in total. The Kier molecular flexibility index (Phi) is 3.64. The van der Waals surface area contributed by atoms with E-state index in [1.54, 1.807) is 12.1 Å². The zero-order valence-corrected chi connectivity index (χ0v) is 10.0. The average molecular weight is 208 g/mol. The van der Waals surface area contributed by atoms with Crippen LogP contribution in [0.4, 0.5) is 4.39 Å². The molecular formula is C12H17FSi. The van der Waals surface area contributed by atoms with Crippen molar-refractivity contribution in [3.8, 4) is 0 Å². The van der Waals surface area contributed by atoms with Crippen LogP contribution in [0.1, 0.15) is 5.56 Å². The summed E-state index contributed by atoms with van der Waals surface area (Å²) in [5, 5.41) is 0. The first-order chi connectivity index (χ1) is 6.47. The van der Waals surface area contributed by atoms with Gasteiger partial charge in [-0.05, 0) is 23.7 Å². The first-order valence-corrected chi connectivity index (χ1v) is 8.60. The average Bonchev–Trinajstić information content (AvgIpc) is 2.06. The maximum Gasteiger partial charge on any atom is 0.123 e. The topological polar surface area (TPSA) is 0 Å². The number of hydrogen-bond acceptors (Lipinski definition) is 0. The standard InChI is InChI=1S/C12H17FSi/c1-14(2,3)10-4-5-11-6-8-12(13)9-7-11/h4-9H,10H2,1-3H3/b5-4+. The minimum Gasteiger partial charge on any atom is -0.207 e. The van der Waals surface area contributed by atoms with E-state index in [0.717, 1.165) is 5.56 Å². The Morgan fingerprint density at radius 1 is 1.14 bits per heavy atom. The van der Waals surface area contributed by atoms with Crippen LogP contribution in [-0.4, -0.2) is 8.07 Å². The summed E-state index contributed by atoms with van der Waals surface area (Å²) >= 11 is 0. The summed E-state index contributed by atoms with van der Waals surface area (Å²) < 4.78 is 12.6. The fourth-order valence-corrected chi connectivity index (χ4v) is 1.95. The Morgan fingerprint density at radius 2 is 1.71 bits per heavy atom. The van der Waals surface area contributed by atoms with E-state index in [1.165, 1.54) is 18.2 Å². The largest absolute Gasteiger partial charge is 0.207 e. The molecular weight excluding hydrogens is 191 g/mol. The fourth-order valence-electron chi connectivity index (χ4n) is 1.12. The van der Waals surface area contributed by atoms with Gasteiger partial charge in [-0.2, -0.15) is 0 Å². The molecule has 0 spiro atoms. The SMILES string of the molecule is C[Si](C)(C)C/C=C/c1ccc(F)cc1. The summed E-state index contributed by atoms with van der Waals surface area (Å²) in [6, 6.07) is 7.76. The van der Waals surface area contributed by atoms with E-state index in [2.05, 4.69) is 31.8 Å². The van der Waals surface area contributed by atoms with Crippen molar-refractivity contribution in [2.75, 3.05) is 0 Å². The van der Waals surface area contributed by atoms with Crippen molar-refractivity contribution < 1.29 is 4.39 Å². The second kappa shape index (κ2) is 4.56. The number of benzene rings is 1. The molecule has 0 amide bonds. The van der Waals surface area contributed by atoms with Crippen LogP contribution in [0.25, 0.3) is 6.08 Å². The van der Waals surface area contributed by atoms with Gasteiger partial charge in [0.25, 0.3) is 0 Å². The van der Waals surface area contributed by atoms with Crippen LogP contribution in [-0.2, 0) is 0 Å². The van der Waals surface area contributed by atoms with Gasteiger partial charge in [-0.15, -0.1) is 0 Å². The van der Waals surface area contributed by atoms with Crippen molar-refractivity contribution >= 4 is 14.1 Å². The van der Waals surface area contributed by atoms with Crippen LogP contribution >= 0.6 is 0 Å². The molecule has 0 fully saturated rings. The van der Waals surface area contributed by atoms with Gasteiger partial charge in [0, 0.05) is 8.07 Å². The molecule has 1 rings (SSSR count). The molecule has 0 aliphatic rings. The molecule has 0 bridgehead atoms. The molecule has 0 aromatic heterocycles. The van der Waals surface area contributed by atoms with Crippen molar-refractivity contribution in [3.63, 3.8) is 0 Å². The lowest BCUT2D eigenvalue weighted by Gasteiger charge is -2.11. The lowest BCUT2D eigenvalue weighted by atomic mass is 10.2. The van der Waals surface area contributed by atoms with Crippen molar-refractivity contribution in [1.29, 1.82) is 0 Å². The van der Waals surface area contributed by atoms with Gasteiger partial charge >= 0.3 is 0 Å². The lowest BCUT2D eigenvalue weighted by molar-refractivity contribution is 0.628. The third kappa shape index (κ3) is 4.37. The number of hydrogen-bond donors (Lipinski definition) is 0. The van der Waals surface area contributed by atoms with Gasteiger partial charge in [0.15, 0.2) is 0 Å². The van der Waals surface area contributed by atoms with E-state index in [-0.39, 0.29) is 5.82 Å². The first kappa shape index (κ1) is 11.2. The highest BCUT2D eigenvalue weighted by molar-refractivity contribution is 6.76. The van der Waals surface area contributed by atoms with Crippen LogP contribution in [0, 0.1) is 5.82 Å². The second-order valence-electron chi connectivity index (χ2n) is 4.72. The molecule has 0 aliphatic carbocycles. The molecule has 0 atom stereocenters. The zero-order chi connectivity index (χ0) is 10.6. The molecule has 76 valence electrons. The maximum atomic E-state index is 12.6. The minimum atomic E-state index is -0.983. The highest BCUT2D eigenvalue weighted by atomic mass is 28.3. The number of allylic oxidation sites excluding steroid dienone is 1. The molecule has 0 radical (unpaired) electrons. The Morgan fingerprint density at radius 3 is 2.21 bits per heavy atom. The van der Waals surface area contributed by atoms with E-state index < -0.39 is 8.07 Å². The third-order valence-corrected chi connectivity index (χ3v) is 3.37. The first-order valence-electron chi connectivity index (χ1n) is 4.89. The van der Waals surface area contributed by atoms with Crippen molar-refractivity contribution in [2.45, 2.75) is 25.7 Å². The van der Waals surface area contributed by atoms with E-state index in [1.807, 2.05) is 0 Å². The molecule has 2 heteroatoms. The van der Waals surface area contributed by atoms with Crippen molar-refractivity contribution in [3.05, 3.63) is 41.7 Å². The van der Waals surface area contributed by atoms with Gasteiger partial charge in [0.05, 0.1) is 0 Å². The van der Waals surface area contributed by atoms with Crippen molar-refractivity contribution in [1.82, 2.24) is 0 Å². The highest BCUT2D eigenvalue weighted by Crippen LogP contribution is 2.11. The van der Waals surface area contributed by atoms with E-state index in [9.17, 15) is 4.39 Å². The molecule has 0 N–H and O–H groups in total. The Bertz CT molecular complexity index is 306. The summed E-state index contributed by atoms with van der Waals surface area (Å²) in [7, 11) is -0.983. The van der Waals surface area contributed by atoms with Crippen molar-refractivity contribution in [2.24, 2.45) is 0 Å².